The summed E-state index contributed by atoms with van der Waals surface area (Å²) >= 11 is 0. The molecule has 0 saturated carbocycles. The Hall–Kier alpha value is -2.29. The van der Waals surface area contributed by atoms with Crippen LogP contribution in [-0.4, -0.2) is 17.9 Å². The zero-order valence-corrected chi connectivity index (χ0v) is 10.6. The van der Waals surface area contributed by atoms with Crippen molar-refractivity contribution < 1.29 is 9.53 Å². The molecule has 0 fully saturated rings. The normalized spacial score (nSPS) is 14.3. The number of rotatable bonds is 1. The quantitative estimate of drug-likeness (QED) is 0.719. The van der Waals surface area contributed by atoms with Crippen LogP contribution in [0.15, 0.2) is 30.3 Å². The SMILES string of the molecule is COc1ccc2c(c1)[nH]c1ccc3c(c12)CCC3=O. The number of hydrogen-bond acceptors (Lipinski definition) is 2. The fourth-order valence-electron chi connectivity index (χ4n) is 3.07. The molecule has 94 valence electrons. The largest absolute Gasteiger partial charge is 0.497 e. The van der Waals surface area contributed by atoms with Crippen molar-refractivity contribution in [2.24, 2.45) is 0 Å². The lowest BCUT2D eigenvalue weighted by atomic mass is 10.0. The molecule has 0 amide bonds. The number of benzene rings is 2. The van der Waals surface area contributed by atoms with Gasteiger partial charge >= 0.3 is 0 Å². The minimum absolute atomic E-state index is 0.264. The molecule has 1 aliphatic carbocycles. The summed E-state index contributed by atoms with van der Waals surface area (Å²) in [5.41, 5.74) is 4.24. The van der Waals surface area contributed by atoms with Crippen LogP contribution in [0.2, 0.25) is 0 Å². The Balaban J connectivity index is 2.14. The number of nitrogens with one attached hydrogen (secondary N) is 1. The summed E-state index contributed by atoms with van der Waals surface area (Å²) < 4.78 is 5.25. The second-order valence-electron chi connectivity index (χ2n) is 4.97. The van der Waals surface area contributed by atoms with Crippen LogP contribution in [0.3, 0.4) is 0 Å². The third kappa shape index (κ3) is 1.35. The van der Waals surface area contributed by atoms with Gasteiger partial charge in [-0.3, -0.25) is 4.79 Å². The molecule has 1 heterocycles. The van der Waals surface area contributed by atoms with Crippen LogP contribution in [0.5, 0.6) is 5.75 Å². The third-order valence-electron chi connectivity index (χ3n) is 3.98. The number of Topliss-reactive ketones (excluding diaryl/α,β-unsaturated/α-hetero) is 1. The van der Waals surface area contributed by atoms with Gasteiger partial charge in [0.2, 0.25) is 0 Å². The first-order valence-electron chi connectivity index (χ1n) is 6.42. The molecule has 0 bridgehead atoms. The molecule has 0 radical (unpaired) electrons. The lowest BCUT2D eigenvalue weighted by molar-refractivity contribution is 0.0994. The van der Waals surface area contributed by atoms with Gasteiger partial charge in [0.25, 0.3) is 0 Å². The second kappa shape index (κ2) is 3.60. The molecule has 1 aromatic heterocycles. The zero-order valence-electron chi connectivity index (χ0n) is 10.6. The van der Waals surface area contributed by atoms with E-state index in [0.717, 1.165) is 28.8 Å². The number of aromatic amines is 1. The standard InChI is InChI=1S/C16H13NO2/c1-19-9-2-3-12-14(8-9)17-13-6-4-10-11(16(12)13)5-7-15(10)18/h2-4,6,8,17H,5,7H2,1H3. The Labute approximate surface area is 110 Å². The average molecular weight is 251 g/mol. The van der Waals surface area contributed by atoms with Crippen molar-refractivity contribution in [1.82, 2.24) is 4.98 Å². The maximum absolute atomic E-state index is 11.8. The number of ketones is 1. The van der Waals surface area contributed by atoms with Crippen molar-refractivity contribution in [3.05, 3.63) is 41.5 Å². The maximum atomic E-state index is 11.8. The summed E-state index contributed by atoms with van der Waals surface area (Å²) in [5, 5.41) is 2.36. The van der Waals surface area contributed by atoms with E-state index in [2.05, 4.69) is 11.1 Å². The van der Waals surface area contributed by atoms with Gasteiger partial charge in [-0.1, -0.05) is 0 Å². The van der Waals surface area contributed by atoms with E-state index in [1.807, 2.05) is 24.3 Å². The summed E-state index contributed by atoms with van der Waals surface area (Å²) in [7, 11) is 1.67. The van der Waals surface area contributed by atoms with E-state index < -0.39 is 0 Å². The van der Waals surface area contributed by atoms with Crippen LogP contribution in [0, 0.1) is 0 Å². The fourth-order valence-corrected chi connectivity index (χ4v) is 3.07. The monoisotopic (exact) mass is 251 g/mol. The zero-order chi connectivity index (χ0) is 13.0. The highest BCUT2D eigenvalue weighted by molar-refractivity contribution is 6.14. The van der Waals surface area contributed by atoms with Crippen LogP contribution in [0.1, 0.15) is 22.3 Å². The number of H-pyrrole nitrogens is 1. The molecule has 1 N–H and O–H groups in total. The first-order valence-corrected chi connectivity index (χ1v) is 6.42. The Bertz CT molecular complexity index is 829. The Morgan fingerprint density at radius 1 is 1.11 bits per heavy atom. The smallest absolute Gasteiger partial charge is 0.163 e. The predicted octanol–water partition coefficient (Wildman–Crippen LogP) is 3.46. The highest BCUT2D eigenvalue weighted by Gasteiger charge is 2.23. The van der Waals surface area contributed by atoms with Crippen molar-refractivity contribution in [3.63, 3.8) is 0 Å². The summed E-state index contributed by atoms with van der Waals surface area (Å²) in [5.74, 6) is 1.10. The molecular weight excluding hydrogens is 238 g/mol. The van der Waals surface area contributed by atoms with Crippen LogP contribution in [0.25, 0.3) is 21.8 Å². The Morgan fingerprint density at radius 3 is 2.84 bits per heavy atom. The third-order valence-corrected chi connectivity index (χ3v) is 3.98. The molecule has 4 rings (SSSR count). The number of fused-ring (bicyclic) bond motifs is 5. The van der Waals surface area contributed by atoms with Crippen molar-refractivity contribution in [2.75, 3.05) is 7.11 Å². The van der Waals surface area contributed by atoms with E-state index in [4.69, 9.17) is 4.74 Å². The second-order valence-corrected chi connectivity index (χ2v) is 4.97. The van der Waals surface area contributed by atoms with E-state index in [-0.39, 0.29) is 5.78 Å². The predicted molar refractivity (Wildman–Crippen MR) is 75.0 cm³/mol. The van der Waals surface area contributed by atoms with Gasteiger partial charge in [0.15, 0.2) is 5.78 Å². The van der Waals surface area contributed by atoms with Crippen molar-refractivity contribution in [2.45, 2.75) is 12.8 Å². The van der Waals surface area contributed by atoms with Crippen molar-refractivity contribution in [3.8, 4) is 5.75 Å². The highest BCUT2D eigenvalue weighted by atomic mass is 16.5. The molecule has 19 heavy (non-hydrogen) atoms. The molecule has 1 aliphatic rings. The van der Waals surface area contributed by atoms with Gasteiger partial charge in [0.1, 0.15) is 5.75 Å². The number of aromatic nitrogens is 1. The first-order chi connectivity index (χ1) is 9.28. The van der Waals surface area contributed by atoms with Crippen molar-refractivity contribution in [1.29, 1.82) is 0 Å². The maximum Gasteiger partial charge on any atom is 0.163 e. The summed E-state index contributed by atoms with van der Waals surface area (Å²) in [6.07, 6.45) is 1.49. The first kappa shape index (κ1) is 10.6. The van der Waals surface area contributed by atoms with Gasteiger partial charge in [0, 0.05) is 34.3 Å². The minimum atomic E-state index is 0.264. The molecule has 3 heteroatoms. The highest BCUT2D eigenvalue weighted by Crippen LogP contribution is 2.35. The van der Waals surface area contributed by atoms with Gasteiger partial charge < -0.3 is 9.72 Å². The van der Waals surface area contributed by atoms with Crippen LogP contribution in [-0.2, 0) is 6.42 Å². The molecule has 3 nitrogen and oxygen atoms in total. The van der Waals surface area contributed by atoms with Gasteiger partial charge in [0.05, 0.1) is 12.6 Å². The summed E-state index contributed by atoms with van der Waals surface area (Å²) in [6, 6.07) is 9.98. The molecule has 2 aromatic carbocycles. The van der Waals surface area contributed by atoms with Gasteiger partial charge in [-0.05, 0) is 36.2 Å². The number of ether oxygens (including phenoxy) is 1. The van der Waals surface area contributed by atoms with E-state index in [0.29, 0.717) is 6.42 Å². The average Bonchev–Trinajstić information content (AvgIpc) is 2.98. The Morgan fingerprint density at radius 2 is 2.00 bits per heavy atom. The number of hydrogen-bond donors (Lipinski definition) is 1. The molecule has 0 saturated heterocycles. The minimum Gasteiger partial charge on any atom is -0.497 e. The number of aryl methyl sites for hydroxylation is 1. The number of carbonyl (C=O) groups excluding carboxylic acids is 1. The number of carbonyl (C=O) groups is 1. The van der Waals surface area contributed by atoms with Crippen LogP contribution < -0.4 is 4.74 Å². The molecule has 0 unspecified atom stereocenters. The van der Waals surface area contributed by atoms with E-state index in [9.17, 15) is 4.79 Å². The molecule has 3 aromatic rings. The molecule has 0 aliphatic heterocycles. The molecular formula is C16H13NO2. The number of methoxy groups -OCH3 is 1. The Kier molecular flexibility index (Phi) is 2.01. The molecule has 0 spiro atoms. The van der Waals surface area contributed by atoms with Crippen molar-refractivity contribution >= 4 is 27.6 Å². The van der Waals surface area contributed by atoms with Crippen LogP contribution in [0.4, 0.5) is 0 Å². The van der Waals surface area contributed by atoms with Gasteiger partial charge in [-0.25, -0.2) is 0 Å². The van der Waals surface area contributed by atoms with E-state index in [1.165, 1.54) is 16.3 Å². The van der Waals surface area contributed by atoms with Crippen LogP contribution >= 0.6 is 0 Å². The summed E-state index contributed by atoms with van der Waals surface area (Å²) in [6.45, 7) is 0. The lowest BCUT2D eigenvalue weighted by Gasteiger charge is -2.01. The van der Waals surface area contributed by atoms with Gasteiger partial charge in [-0.15, -0.1) is 0 Å². The lowest BCUT2D eigenvalue weighted by Crippen LogP contribution is -1.90. The van der Waals surface area contributed by atoms with Gasteiger partial charge in [-0.2, -0.15) is 0 Å². The topological polar surface area (TPSA) is 42.1 Å². The summed E-state index contributed by atoms with van der Waals surface area (Å²) in [4.78, 5) is 15.2. The van der Waals surface area contributed by atoms with E-state index in [1.54, 1.807) is 7.11 Å². The fraction of sp³-hybridized carbons (Fsp3) is 0.188. The molecule has 0 atom stereocenters. The van der Waals surface area contributed by atoms with E-state index >= 15 is 0 Å².